The monoisotopic (exact) mass is 491 g/mol. The maximum absolute atomic E-state index is 13.6. The summed E-state index contributed by atoms with van der Waals surface area (Å²) < 4.78 is 23.0. The van der Waals surface area contributed by atoms with E-state index in [0.717, 1.165) is 24.0 Å². The SMILES string of the molecule is COc1ccc(C2O[C@@H](C(=O)OCc3ccccc3)[C@H](C3=CCCC=C3)N2C(=O)OC(C)(C)C)cc1. The lowest BCUT2D eigenvalue weighted by molar-refractivity contribution is -0.158. The van der Waals surface area contributed by atoms with Crippen LogP contribution in [0.3, 0.4) is 0 Å². The number of methoxy groups -OCH3 is 1. The molecule has 3 atom stereocenters. The molecule has 1 heterocycles. The van der Waals surface area contributed by atoms with Crippen LogP contribution in [0.2, 0.25) is 0 Å². The lowest BCUT2D eigenvalue weighted by Crippen LogP contribution is -2.46. The molecule has 1 unspecified atom stereocenters. The van der Waals surface area contributed by atoms with Crippen LogP contribution in [0.1, 0.15) is 51.0 Å². The number of ether oxygens (including phenoxy) is 4. The Balaban J connectivity index is 1.70. The number of hydrogen-bond acceptors (Lipinski definition) is 6. The van der Waals surface area contributed by atoms with E-state index in [2.05, 4.69) is 0 Å². The van der Waals surface area contributed by atoms with Crippen molar-refractivity contribution in [1.29, 1.82) is 0 Å². The minimum absolute atomic E-state index is 0.112. The van der Waals surface area contributed by atoms with Crippen molar-refractivity contribution in [3.8, 4) is 5.75 Å². The third kappa shape index (κ3) is 5.97. The quantitative estimate of drug-likeness (QED) is 0.482. The van der Waals surface area contributed by atoms with Gasteiger partial charge in [0, 0.05) is 5.56 Å². The maximum Gasteiger partial charge on any atom is 0.413 e. The van der Waals surface area contributed by atoms with Crippen molar-refractivity contribution < 1.29 is 28.5 Å². The van der Waals surface area contributed by atoms with Crippen LogP contribution in [0.5, 0.6) is 5.75 Å². The summed E-state index contributed by atoms with van der Waals surface area (Å²) in [6, 6.07) is 16.0. The molecule has 2 aromatic rings. The molecule has 1 aliphatic carbocycles. The highest BCUT2D eigenvalue weighted by atomic mass is 16.6. The number of amides is 1. The van der Waals surface area contributed by atoms with E-state index in [1.54, 1.807) is 19.2 Å². The Morgan fingerprint density at radius 3 is 2.36 bits per heavy atom. The molecule has 7 heteroatoms. The molecule has 4 rings (SSSR count). The minimum atomic E-state index is -1.03. The van der Waals surface area contributed by atoms with Crippen molar-refractivity contribution in [3.05, 3.63) is 89.5 Å². The van der Waals surface area contributed by atoms with Gasteiger partial charge < -0.3 is 18.9 Å². The van der Waals surface area contributed by atoms with Gasteiger partial charge in [0.15, 0.2) is 12.3 Å². The highest BCUT2D eigenvalue weighted by Gasteiger charge is 2.52. The summed E-state index contributed by atoms with van der Waals surface area (Å²) in [4.78, 5) is 28.5. The third-order valence-electron chi connectivity index (χ3n) is 5.94. The fourth-order valence-corrected chi connectivity index (χ4v) is 4.29. The van der Waals surface area contributed by atoms with Crippen molar-refractivity contribution >= 4 is 12.1 Å². The van der Waals surface area contributed by atoms with E-state index < -0.39 is 36.0 Å². The summed E-state index contributed by atoms with van der Waals surface area (Å²) in [6.07, 6.45) is 5.30. The number of carbonyl (C=O) groups is 2. The first-order valence-electron chi connectivity index (χ1n) is 12.1. The van der Waals surface area contributed by atoms with Gasteiger partial charge in [0.25, 0.3) is 0 Å². The number of hydrogen-bond donors (Lipinski definition) is 0. The molecular formula is C29H33NO6. The van der Waals surface area contributed by atoms with Gasteiger partial charge in [-0.1, -0.05) is 60.7 Å². The Kier molecular flexibility index (Phi) is 7.79. The molecule has 2 aliphatic rings. The summed E-state index contributed by atoms with van der Waals surface area (Å²) >= 11 is 0. The molecule has 0 aromatic heterocycles. The second-order valence-corrected chi connectivity index (χ2v) is 9.79. The highest BCUT2D eigenvalue weighted by molar-refractivity contribution is 5.80. The Bertz CT molecular complexity index is 1120. The summed E-state index contributed by atoms with van der Waals surface area (Å²) in [5, 5.41) is 0. The zero-order valence-corrected chi connectivity index (χ0v) is 21.2. The smallest absolute Gasteiger partial charge is 0.413 e. The molecule has 0 saturated carbocycles. The molecular weight excluding hydrogens is 458 g/mol. The van der Waals surface area contributed by atoms with Crippen LogP contribution in [-0.2, 0) is 25.6 Å². The zero-order valence-electron chi connectivity index (χ0n) is 21.2. The molecule has 0 bridgehead atoms. The van der Waals surface area contributed by atoms with Gasteiger partial charge in [0.05, 0.1) is 7.11 Å². The van der Waals surface area contributed by atoms with Crippen LogP contribution in [0.4, 0.5) is 4.79 Å². The first-order chi connectivity index (χ1) is 17.3. The minimum Gasteiger partial charge on any atom is -0.497 e. The fourth-order valence-electron chi connectivity index (χ4n) is 4.29. The molecule has 36 heavy (non-hydrogen) atoms. The Morgan fingerprint density at radius 2 is 1.75 bits per heavy atom. The average Bonchev–Trinajstić information content (AvgIpc) is 3.28. The van der Waals surface area contributed by atoms with E-state index >= 15 is 0 Å². The number of nitrogens with zero attached hydrogens (tertiary/aromatic N) is 1. The Hall–Kier alpha value is -3.58. The Labute approximate surface area is 212 Å². The molecule has 0 N–H and O–H groups in total. The lowest BCUT2D eigenvalue weighted by atomic mass is 9.95. The topological polar surface area (TPSA) is 74.3 Å². The van der Waals surface area contributed by atoms with Gasteiger partial charge in [-0.05, 0) is 56.9 Å². The first kappa shape index (κ1) is 25.5. The van der Waals surface area contributed by atoms with Gasteiger partial charge >= 0.3 is 12.1 Å². The first-order valence-corrected chi connectivity index (χ1v) is 12.1. The number of esters is 1. The number of rotatable bonds is 6. The summed E-state index contributed by atoms with van der Waals surface area (Å²) in [5.41, 5.74) is 1.66. The van der Waals surface area contributed by atoms with Crippen molar-refractivity contribution in [3.63, 3.8) is 0 Å². The predicted molar refractivity (Wildman–Crippen MR) is 135 cm³/mol. The van der Waals surface area contributed by atoms with E-state index in [9.17, 15) is 9.59 Å². The normalized spacial score (nSPS) is 21.6. The predicted octanol–water partition coefficient (Wildman–Crippen LogP) is 5.72. The summed E-state index contributed by atoms with van der Waals surface area (Å²) in [5.74, 6) is 0.141. The second-order valence-electron chi connectivity index (χ2n) is 9.79. The molecule has 1 fully saturated rings. The summed E-state index contributed by atoms with van der Waals surface area (Å²) in [7, 11) is 1.59. The van der Waals surface area contributed by atoms with Gasteiger partial charge in [-0.2, -0.15) is 0 Å². The number of allylic oxidation sites excluding steroid dienone is 2. The molecule has 1 amide bonds. The largest absolute Gasteiger partial charge is 0.497 e. The fraction of sp³-hybridized carbons (Fsp3) is 0.379. The van der Waals surface area contributed by atoms with Crippen molar-refractivity contribution in [2.24, 2.45) is 0 Å². The number of carbonyl (C=O) groups excluding carboxylic acids is 2. The Morgan fingerprint density at radius 1 is 1.03 bits per heavy atom. The van der Waals surface area contributed by atoms with Gasteiger partial charge in [0.2, 0.25) is 0 Å². The van der Waals surface area contributed by atoms with Crippen LogP contribution in [0.15, 0.2) is 78.4 Å². The van der Waals surface area contributed by atoms with Crippen molar-refractivity contribution in [2.45, 2.75) is 64.2 Å². The molecule has 0 spiro atoms. The van der Waals surface area contributed by atoms with E-state index in [4.69, 9.17) is 18.9 Å². The molecule has 1 saturated heterocycles. The van der Waals surface area contributed by atoms with Crippen LogP contribution in [-0.4, -0.2) is 41.8 Å². The molecule has 0 radical (unpaired) electrons. The van der Waals surface area contributed by atoms with Crippen LogP contribution in [0.25, 0.3) is 0 Å². The van der Waals surface area contributed by atoms with Gasteiger partial charge in [-0.15, -0.1) is 0 Å². The molecule has 2 aromatic carbocycles. The van der Waals surface area contributed by atoms with E-state index in [1.165, 1.54) is 4.90 Å². The van der Waals surface area contributed by atoms with E-state index in [-0.39, 0.29) is 6.61 Å². The molecule has 190 valence electrons. The van der Waals surface area contributed by atoms with E-state index in [1.807, 2.05) is 81.5 Å². The molecule has 1 aliphatic heterocycles. The zero-order chi connectivity index (χ0) is 25.7. The van der Waals surface area contributed by atoms with E-state index in [0.29, 0.717) is 11.3 Å². The number of benzene rings is 2. The average molecular weight is 492 g/mol. The molecule has 7 nitrogen and oxygen atoms in total. The maximum atomic E-state index is 13.6. The van der Waals surface area contributed by atoms with Crippen LogP contribution >= 0.6 is 0 Å². The van der Waals surface area contributed by atoms with Crippen molar-refractivity contribution in [2.75, 3.05) is 7.11 Å². The standard InChI is InChI=1S/C29H33NO6/c1-29(2,3)36-28(32)30-24(21-13-9-6-10-14-21)25(27(31)34-19-20-11-7-5-8-12-20)35-26(30)22-15-17-23(33-4)18-16-22/h5,7-9,11-18,24-26H,6,10,19H2,1-4H3/t24-,25+,26?/m0/s1. The summed E-state index contributed by atoms with van der Waals surface area (Å²) in [6.45, 7) is 5.54. The second kappa shape index (κ2) is 11.0. The highest BCUT2D eigenvalue weighted by Crippen LogP contribution is 2.41. The van der Waals surface area contributed by atoms with Crippen molar-refractivity contribution in [1.82, 2.24) is 4.90 Å². The van der Waals surface area contributed by atoms with Crippen LogP contribution in [0, 0.1) is 0 Å². The van der Waals surface area contributed by atoms with Gasteiger partial charge in [-0.25, -0.2) is 9.59 Å². The van der Waals surface area contributed by atoms with Gasteiger partial charge in [0.1, 0.15) is 24.0 Å². The third-order valence-corrected chi connectivity index (χ3v) is 5.94. The van der Waals surface area contributed by atoms with Crippen LogP contribution < -0.4 is 4.74 Å². The van der Waals surface area contributed by atoms with Gasteiger partial charge in [-0.3, -0.25) is 4.90 Å². The lowest BCUT2D eigenvalue weighted by Gasteiger charge is -2.32.